The van der Waals surface area contributed by atoms with Crippen LogP contribution in [0.1, 0.15) is 22.3 Å². The first-order valence-corrected chi connectivity index (χ1v) is 14.2. The predicted octanol–water partition coefficient (Wildman–Crippen LogP) is 9.67. The van der Waals surface area contributed by atoms with Crippen LogP contribution < -0.4 is 5.73 Å². The van der Waals surface area contributed by atoms with Crippen LogP contribution in [-0.4, -0.2) is 11.7 Å². The van der Waals surface area contributed by atoms with Gasteiger partial charge in [-0.1, -0.05) is 147 Å². The predicted molar refractivity (Wildman–Crippen MR) is 185 cm³/mol. The summed E-state index contributed by atoms with van der Waals surface area (Å²) in [5.74, 6) is 0.384. The first kappa shape index (κ1) is 27.4. The first-order chi connectivity index (χ1) is 21.1. The van der Waals surface area contributed by atoms with Gasteiger partial charge in [0.25, 0.3) is 0 Å². The Kier molecular flexibility index (Phi) is 7.62. The van der Waals surface area contributed by atoms with Crippen LogP contribution in [0.15, 0.2) is 164 Å². The number of rotatable bonds is 7. The zero-order chi connectivity index (χ0) is 29.8. The molecule has 43 heavy (non-hydrogen) atoms. The summed E-state index contributed by atoms with van der Waals surface area (Å²) in [5, 5.41) is 13.3. The van der Waals surface area contributed by atoms with Gasteiger partial charge in [0.1, 0.15) is 5.84 Å². The maximum Gasteiger partial charge on any atom is 0.154 e. The number of nitrogens with two attached hydrogens (primary N) is 1. The average molecular weight is 554 g/mol. The maximum absolute atomic E-state index is 8.61. The minimum absolute atomic E-state index is 0.108. The van der Waals surface area contributed by atoms with Gasteiger partial charge in [-0.2, -0.15) is 0 Å². The summed E-state index contributed by atoms with van der Waals surface area (Å²) in [6, 6.07) is 45.0. The quantitative estimate of drug-likeness (QED) is 0.0668. The van der Waals surface area contributed by atoms with Gasteiger partial charge in [0, 0.05) is 11.1 Å². The lowest BCUT2D eigenvalue weighted by Crippen LogP contribution is -2.16. The Hall–Kier alpha value is -5.80. The molecule has 3 N–H and O–H groups in total. The number of nitrogens with one attached hydrogen (secondary N) is 1. The third-order valence-electron chi connectivity index (χ3n) is 7.72. The molecule has 0 radical (unpaired) electrons. The van der Waals surface area contributed by atoms with E-state index in [0.717, 1.165) is 44.3 Å². The van der Waals surface area contributed by atoms with Crippen molar-refractivity contribution in [3.05, 3.63) is 181 Å². The van der Waals surface area contributed by atoms with E-state index in [1.165, 1.54) is 16.2 Å². The summed E-state index contributed by atoms with van der Waals surface area (Å²) in [6.45, 7) is 8.36. The summed E-state index contributed by atoms with van der Waals surface area (Å²) in [6.07, 6.45) is 3.76. The molecule has 6 rings (SSSR count). The second kappa shape index (κ2) is 12.0. The monoisotopic (exact) mass is 553 g/mol. The molecule has 0 saturated heterocycles. The molecule has 0 aromatic heterocycles. The lowest BCUT2D eigenvalue weighted by molar-refractivity contribution is 1.39. The van der Waals surface area contributed by atoms with Crippen LogP contribution >= 0.6 is 0 Å². The third kappa shape index (κ3) is 5.44. The van der Waals surface area contributed by atoms with Crippen LogP contribution in [-0.2, 0) is 0 Å². The lowest BCUT2D eigenvalue weighted by atomic mass is 9.88. The van der Waals surface area contributed by atoms with Gasteiger partial charge in [-0.15, -0.1) is 0 Å². The van der Waals surface area contributed by atoms with Crippen molar-refractivity contribution in [3.8, 4) is 11.1 Å². The summed E-state index contributed by atoms with van der Waals surface area (Å²) in [7, 11) is 0. The van der Waals surface area contributed by atoms with Crippen molar-refractivity contribution < 1.29 is 0 Å². The van der Waals surface area contributed by atoms with Crippen LogP contribution in [0.4, 0.5) is 0 Å². The fraction of sp³-hybridized carbons (Fsp3) is 0. The highest BCUT2D eigenvalue weighted by Crippen LogP contribution is 2.37. The summed E-state index contributed by atoms with van der Waals surface area (Å²) >= 11 is 0. The number of hydrogen-bond acceptors (Lipinski definition) is 1. The molecule has 0 amide bonds. The van der Waals surface area contributed by atoms with Gasteiger partial charge in [0.15, 0.2) is 5.84 Å². The minimum atomic E-state index is 0.108. The van der Waals surface area contributed by atoms with Gasteiger partial charge in [0.05, 0.1) is 0 Å². The number of hydrogen-bond donors (Lipinski definition) is 2. The SMILES string of the molecule is C=C/C(=C(\C=C)c1cc2ccccc2c2ccccc12)c1cccc(C(N)=NC(=N)c2ccc(-c3ccccc3)cc2)c1. The fourth-order valence-corrected chi connectivity index (χ4v) is 5.57. The van der Waals surface area contributed by atoms with Crippen molar-refractivity contribution in [2.75, 3.05) is 0 Å². The van der Waals surface area contributed by atoms with Crippen molar-refractivity contribution in [1.29, 1.82) is 5.41 Å². The van der Waals surface area contributed by atoms with Gasteiger partial charge in [-0.25, -0.2) is 4.99 Å². The molecular formula is C40H31N3. The van der Waals surface area contributed by atoms with E-state index in [0.29, 0.717) is 5.56 Å². The molecule has 3 nitrogen and oxygen atoms in total. The molecule has 0 fully saturated rings. The molecule has 206 valence electrons. The van der Waals surface area contributed by atoms with E-state index in [4.69, 9.17) is 11.1 Å². The Morgan fingerprint density at radius 2 is 1.16 bits per heavy atom. The summed E-state index contributed by atoms with van der Waals surface area (Å²) < 4.78 is 0. The van der Waals surface area contributed by atoms with E-state index < -0.39 is 0 Å². The van der Waals surface area contributed by atoms with Gasteiger partial charge in [-0.3, -0.25) is 5.41 Å². The Labute approximate surface area is 252 Å². The molecule has 0 heterocycles. The second-order valence-corrected chi connectivity index (χ2v) is 10.3. The zero-order valence-corrected chi connectivity index (χ0v) is 23.8. The highest BCUT2D eigenvalue weighted by molar-refractivity contribution is 6.16. The normalized spacial score (nSPS) is 12.1. The van der Waals surface area contributed by atoms with E-state index in [-0.39, 0.29) is 11.7 Å². The number of nitrogens with zero attached hydrogens (tertiary/aromatic N) is 1. The van der Waals surface area contributed by atoms with Crippen molar-refractivity contribution in [3.63, 3.8) is 0 Å². The van der Waals surface area contributed by atoms with Gasteiger partial charge >= 0.3 is 0 Å². The molecule has 0 bridgehead atoms. The fourth-order valence-electron chi connectivity index (χ4n) is 5.57. The molecule has 0 spiro atoms. The van der Waals surface area contributed by atoms with E-state index >= 15 is 0 Å². The molecule has 6 aromatic carbocycles. The highest BCUT2D eigenvalue weighted by atomic mass is 14.9. The van der Waals surface area contributed by atoms with Crippen LogP contribution in [0.25, 0.3) is 43.8 Å². The topological polar surface area (TPSA) is 62.2 Å². The Morgan fingerprint density at radius 3 is 1.88 bits per heavy atom. The number of aliphatic imine (C=N–C) groups is 1. The van der Waals surface area contributed by atoms with Gasteiger partial charge < -0.3 is 5.73 Å². The molecule has 0 aliphatic carbocycles. The van der Waals surface area contributed by atoms with E-state index in [9.17, 15) is 0 Å². The second-order valence-electron chi connectivity index (χ2n) is 10.3. The summed E-state index contributed by atoms with van der Waals surface area (Å²) in [4.78, 5) is 4.46. The molecule has 6 aromatic rings. The van der Waals surface area contributed by atoms with E-state index in [1.807, 2.05) is 78.9 Å². The zero-order valence-electron chi connectivity index (χ0n) is 23.8. The lowest BCUT2D eigenvalue weighted by Gasteiger charge is -2.15. The van der Waals surface area contributed by atoms with E-state index in [1.54, 1.807) is 0 Å². The Morgan fingerprint density at radius 1 is 0.558 bits per heavy atom. The smallest absolute Gasteiger partial charge is 0.154 e. The van der Waals surface area contributed by atoms with Crippen LogP contribution in [0.3, 0.4) is 0 Å². The standard InChI is InChI=1S/C40H31N3/c1-3-33(34(4-2)38-26-31-15-8-9-18-35(31)36-19-10-11-20-37(36)38)30-16-12-17-32(25-30)40(42)43-39(41)29-23-21-28(22-24-29)27-13-6-5-7-14-27/h3-26H,1-2H2,(H3,41,42,43)/b34-33-. The molecule has 0 atom stereocenters. The molecule has 0 saturated carbocycles. The molecular weight excluding hydrogens is 522 g/mol. The molecule has 0 aliphatic rings. The highest BCUT2D eigenvalue weighted by Gasteiger charge is 2.14. The third-order valence-corrected chi connectivity index (χ3v) is 7.72. The summed E-state index contributed by atoms with van der Waals surface area (Å²) in [5.41, 5.74) is 14.1. The minimum Gasteiger partial charge on any atom is -0.383 e. The van der Waals surface area contributed by atoms with Crippen molar-refractivity contribution in [2.24, 2.45) is 10.7 Å². The van der Waals surface area contributed by atoms with Crippen LogP contribution in [0.2, 0.25) is 0 Å². The molecule has 0 aliphatic heterocycles. The van der Waals surface area contributed by atoms with E-state index in [2.05, 4.69) is 84.9 Å². The number of amidine groups is 2. The molecule has 0 unspecified atom stereocenters. The van der Waals surface area contributed by atoms with Crippen molar-refractivity contribution in [1.82, 2.24) is 0 Å². The van der Waals surface area contributed by atoms with Gasteiger partial charge in [0.2, 0.25) is 0 Å². The number of fused-ring (bicyclic) bond motifs is 3. The number of allylic oxidation sites excluding steroid dienone is 4. The first-order valence-electron chi connectivity index (χ1n) is 14.2. The maximum atomic E-state index is 8.61. The molecule has 3 heteroatoms. The Balaban J connectivity index is 1.37. The van der Waals surface area contributed by atoms with Crippen LogP contribution in [0, 0.1) is 5.41 Å². The average Bonchev–Trinajstić information content (AvgIpc) is 3.07. The van der Waals surface area contributed by atoms with Gasteiger partial charge in [-0.05, 0) is 67.1 Å². The van der Waals surface area contributed by atoms with Crippen LogP contribution in [0.5, 0.6) is 0 Å². The van der Waals surface area contributed by atoms with Crippen molar-refractivity contribution in [2.45, 2.75) is 0 Å². The van der Waals surface area contributed by atoms with Crippen molar-refractivity contribution >= 4 is 44.4 Å². The largest absolute Gasteiger partial charge is 0.383 e. The number of benzene rings is 6. The Bertz CT molecular complexity index is 2060.